The number of benzene rings is 2. The number of amides is 3. The van der Waals surface area contributed by atoms with Crippen molar-refractivity contribution in [2.24, 2.45) is 5.92 Å². The summed E-state index contributed by atoms with van der Waals surface area (Å²) in [7, 11) is 0. The Bertz CT molecular complexity index is 905. The van der Waals surface area contributed by atoms with E-state index in [1.807, 2.05) is 30.3 Å². The normalized spacial score (nSPS) is 16.0. The van der Waals surface area contributed by atoms with E-state index in [4.69, 9.17) is 23.2 Å². The molecule has 0 aromatic heterocycles. The second-order valence-electron chi connectivity index (χ2n) is 6.83. The highest BCUT2D eigenvalue weighted by molar-refractivity contribution is 6.36. The second kappa shape index (κ2) is 9.76. The van der Waals surface area contributed by atoms with Crippen LogP contribution in [0.1, 0.15) is 22.3 Å². The van der Waals surface area contributed by atoms with E-state index >= 15 is 0 Å². The Morgan fingerprint density at radius 1 is 1.03 bits per heavy atom. The summed E-state index contributed by atoms with van der Waals surface area (Å²) in [5, 5.41) is 6.19. The lowest BCUT2D eigenvalue weighted by molar-refractivity contribution is -0.129. The summed E-state index contributed by atoms with van der Waals surface area (Å²) in [5.74, 6) is -0.939. The van der Waals surface area contributed by atoms with Gasteiger partial charge in [0.05, 0.1) is 16.5 Å². The standard InChI is InChI=1S/C21H21Cl2N3O3/c22-16-6-7-17(18(23)11-16)21(29)25-9-8-24-20(28)15-10-19(27)26(13-15)12-14-4-2-1-3-5-14/h1-7,11,15H,8-10,12-13H2,(H,24,28)(H,25,29)/t15-/m1/s1. The fourth-order valence-electron chi connectivity index (χ4n) is 3.18. The number of nitrogens with zero attached hydrogens (tertiary/aromatic N) is 1. The predicted octanol–water partition coefficient (Wildman–Crippen LogP) is 2.89. The molecule has 2 aromatic carbocycles. The molecule has 152 valence electrons. The van der Waals surface area contributed by atoms with Crippen molar-refractivity contribution in [2.45, 2.75) is 13.0 Å². The van der Waals surface area contributed by atoms with E-state index in [1.165, 1.54) is 6.07 Å². The number of rotatable bonds is 7. The van der Waals surface area contributed by atoms with Crippen LogP contribution in [0.2, 0.25) is 10.0 Å². The van der Waals surface area contributed by atoms with Gasteiger partial charge in [-0.3, -0.25) is 14.4 Å². The quantitative estimate of drug-likeness (QED) is 0.658. The van der Waals surface area contributed by atoms with Gasteiger partial charge in [0.2, 0.25) is 11.8 Å². The molecule has 1 aliphatic rings. The van der Waals surface area contributed by atoms with Crippen LogP contribution in [0.15, 0.2) is 48.5 Å². The zero-order valence-electron chi connectivity index (χ0n) is 15.7. The first-order chi connectivity index (χ1) is 13.9. The molecule has 2 N–H and O–H groups in total. The van der Waals surface area contributed by atoms with Crippen molar-refractivity contribution < 1.29 is 14.4 Å². The van der Waals surface area contributed by atoms with Crippen LogP contribution in [0.4, 0.5) is 0 Å². The van der Waals surface area contributed by atoms with Crippen LogP contribution in [0.25, 0.3) is 0 Å². The SMILES string of the molecule is O=C(NCCNC(=O)[C@@H]1CC(=O)N(Cc2ccccc2)C1)c1ccc(Cl)cc1Cl. The Kier molecular flexibility index (Phi) is 7.12. The van der Waals surface area contributed by atoms with Gasteiger partial charge in [-0.15, -0.1) is 0 Å². The molecule has 0 unspecified atom stereocenters. The number of nitrogens with one attached hydrogen (secondary N) is 2. The van der Waals surface area contributed by atoms with Gasteiger partial charge in [-0.2, -0.15) is 0 Å². The Balaban J connectivity index is 1.41. The monoisotopic (exact) mass is 433 g/mol. The smallest absolute Gasteiger partial charge is 0.252 e. The Labute approximate surface area is 179 Å². The summed E-state index contributed by atoms with van der Waals surface area (Å²) < 4.78 is 0. The zero-order chi connectivity index (χ0) is 20.8. The zero-order valence-corrected chi connectivity index (χ0v) is 17.2. The summed E-state index contributed by atoms with van der Waals surface area (Å²) in [6, 6.07) is 14.3. The van der Waals surface area contributed by atoms with Crippen LogP contribution >= 0.6 is 23.2 Å². The maximum absolute atomic E-state index is 12.4. The number of likely N-dealkylation sites (tertiary alicyclic amines) is 1. The molecule has 0 radical (unpaired) electrons. The molecule has 3 amide bonds. The summed E-state index contributed by atoms with van der Waals surface area (Å²) in [6.07, 6.45) is 0.200. The first-order valence-corrected chi connectivity index (χ1v) is 10.0. The molecule has 0 aliphatic carbocycles. The lowest BCUT2D eigenvalue weighted by Gasteiger charge is -2.16. The topological polar surface area (TPSA) is 78.5 Å². The van der Waals surface area contributed by atoms with E-state index in [9.17, 15) is 14.4 Å². The number of hydrogen-bond acceptors (Lipinski definition) is 3. The highest BCUT2D eigenvalue weighted by Gasteiger charge is 2.33. The van der Waals surface area contributed by atoms with Crippen LogP contribution < -0.4 is 10.6 Å². The minimum Gasteiger partial charge on any atom is -0.354 e. The number of carbonyl (C=O) groups excluding carboxylic acids is 3. The molecule has 8 heteroatoms. The van der Waals surface area contributed by atoms with Crippen molar-refractivity contribution in [2.75, 3.05) is 19.6 Å². The molecule has 29 heavy (non-hydrogen) atoms. The highest BCUT2D eigenvalue weighted by Crippen LogP contribution is 2.21. The molecule has 1 saturated heterocycles. The average molecular weight is 434 g/mol. The molecular formula is C21H21Cl2N3O3. The fraction of sp³-hybridized carbons (Fsp3) is 0.286. The van der Waals surface area contributed by atoms with Crippen LogP contribution in [0.3, 0.4) is 0 Å². The molecule has 1 atom stereocenters. The van der Waals surface area contributed by atoms with E-state index in [-0.39, 0.29) is 48.2 Å². The lowest BCUT2D eigenvalue weighted by atomic mass is 10.1. The second-order valence-corrected chi connectivity index (χ2v) is 7.68. The van der Waals surface area contributed by atoms with Crippen LogP contribution in [0, 0.1) is 5.92 Å². The Morgan fingerprint density at radius 3 is 2.48 bits per heavy atom. The van der Waals surface area contributed by atoms with E-state index in [0.29, 0.717) is 23.7 Å². The molecule has 0 saturated carbocycles. The largest absolute Gasteiger partial charge is 0.354 e. The fourth-order valence-corrected chi connectivity index (χ4v) is 3.67. The molecule has 2 aromatic rings. The molecule has 0 spiro atoms. The van der Waals surface area contributed by atoms with Crippen molar-refractivity contribution in [3.63, 3.8) is 0 Å². The van der Waals surface area contributed by atoms with Gasteiger partial charge < -0.3 is 15.5 Å². The number of halogens is 2. The molecular weight excluding hydrogens is 413 g/mol. The van der Waals surface area contributed by atoms with Gasteiger partial charge >= 0.3 is 0 Å². The van der Waals surface area contributed by atoms with E-state index in [1.54, 1.807) is 17.0 Å². The first kappa shape index (κ1) is 21.1. The van der Waals surface area contributed by atoms with E-state index < -0.39 is 0 Å². The predicted molar refractivity (Wildman–Crippen MR) is 112 cm³/mol. The third-order valence-electron chi connectivity index (χ3n) is 4.69. The first-order valence-electron chi connectivity index (χ1n) is 9.26. The van der Waals surface area contributed by atoms with Gasteiger partial charge in [0.25, 0.3) is 5.91 Å². The van der Waals surface area contributed by atoms with Crippen molar-refractivity contribution >= 4 is 40.9 Å². The van der Waals surface area contributed by atoms with E-state index in [2.05, 4.69) is 10.6 Å². The summed E-state index contributed by atoms with van der Waals surface area (Å²) in [4.78, 5) is 38.4. The van der Waals surface area contributed by atoms with Crippen molar-refractivity contribution in [1.29, 1.82) is 0 Å². The molecule has 3 rings (SSSR count). The van der Waals surface area contributed by atoms with Gasteiger partial charge in [0.15, 0.2) is 0 Å². The van der Waals surface area contributed by atoms with Gasteiger partial charge in [-0.05, 0) is 23.8 Å². The third-order valence-corrected chi connectivity index (χ3v) is 5.23. The average Bonchev–Trinajstić information content (AvgIpc) is 3.06. The molecule has 1 aliphatic heterocycles. The minimum absolute atomic E-state index is 0.0281. The van der Waals surface area contributed by atoms with Crippen LogP contribution in [0.5, 0.6) is 0 Å². The molecule has 1 fully saturated rings. The van der Waals surface area contributed by atoms with Crippen LogP contribution in [-0.2, 0) is 16.1 Å². The summed E-state index contributed by atoms with van der Waals surface area (Å²) in [6.45, 7) is 1.41. The maximum atomic E-state index is 12.4. The summed E-state index contributed by atoms with van der Waals surface area (Å²) in [5.41, 5.74) is 1.35. The number of carbonyl (C=O) groups is 3. The third kappa shape index (κ3) is 5.71. The lowest BCUT2D eigenvalue weighted by Crippen LogP contribution is -2.38. The van der Waals surface area contributed by atoms with Gasteiger partial charge in [0, 0.05) is 37.6 Å². The minimum atomic E-state index is -0.382. The van der Waals surface area contributed by atoms with Crippen LogP contribution in [-0.4, -0.2) is 42.3 Å². The molecule has 1 heterocycles. The Morgan fingerprint density at radius 2 is 1.76 bits per heavy atom. The maximum Gasteiger partial charge on any atom is 0.252 e. The van der Waals surface area contributed by atoms with E-state index in [0.717, 1.165) is 5.56 Å². The highest BCUT2D eigenvalue weighted by atomic mass is 35.5. The van der Waals surface area contributed by atoms with Gasteiger partial charge in [-0.25, -0.2) is 0 Å². The van der Waals surface area contributed by atoms with Crippen molar-refractivity contribution in [3.05, 3.63) is 69.7 Å². The molecule has 6 nitrogen and oxygen atoms in total. The summed E-state index contributed by atoms with van der Waals surface area (Å²) >= 11 is 11.8. The van der Waals surface area contributed by atoms with Crippen molar-refractivity contribution in [1.82, 2.24) is 15.5 Å². The molecule has 0 bridgehead atoms. The van der Waals surface area contributed by atoms with Gasteiger partial charge in [-0.1, -0.05) is 53.5 Å². The van der Waals surface area contributed by atoms with Crippen molar-refractivity contribution in [3.8, 4) is 0 Å². The van der Waals surface area contributed by atoms with Gasteiger partial charge in [0.1, 0.15) is 0 Å². The number of hydrogen-bond donors (Lipinski definition) is 2. The Hall–Kier alpha value is -2.57.